The number of β-amino-alcohol motifs (C(OH)–C–C–N with tert-alkyl or cyclic N) is 1. The van der Waals surface area contributed by atoms with Crippen LogP contribution in [0.5, 0.6) is 0 Å². The second kappa shape index (κ2) is 13.8. The van der Waals surface area contributed by atoms with E-state index in [2.05, 4.69) is 50.2 Å². The SMILES string of the molecule is CCc1c[nH]c2c(N3CCCS3(O)O)cc(C(=O)N[C@@H](Cc3ccccc3)[C@@H](O)CNC(C)(C)CCCC(C)C)cc12. The van der Waals surface area contributed by atoms with Gasteiger partial charge in [0.2, 0.25) is 0 Å². The second-order valence-corrected chi connectivity index (χ2v) is 14.9. The van der Waals surface area contributed by atoms with Crippen molar-refractivity contribution in [1.29, 1.82) is 0 Å². The van der Waals surface area contributed by atoms with E-state index >= 15 is 0 Å². The highest BCUT2D eigenvalue weighted by atomic mass is 32.3. The highest BCUT2D eigenvalue weighted by Crippen LogP contribution is 2.52. The lowest BCUT2D eigenvalue weighted by Crippen LogP contribution is -2.52. The summed E-state index contributed by atoms with van der Waals surface area (Å²) in [6.45, 7) is 11.7. The number of anilines is 1. The molecule has 6 N–H and O–H groups in total. The van der Waals surface area contributed by atoms with Gasteiger partial charge in [0.1, 0.15) is 0 Å². The van der Waals surface area contributed by atoms with Crippen molar-refractivity contribution in [3.05, 3.63) is 65.4 Å². The first kappa shape index (κ1) is 32.4. The third-order valence-electron chi connectivity index (χ3n) is 8.35. The summed E-state index contributed by atoms with van der Waals surface area (Å²) < 4.78 is 23.2. The van der Waals surface area contributed by atoms with Crippen LogP contribution >= 0.6 is 10.8 Å². The van der Waals surface area contributed by atoms with Gasteiger partial charge in [-0.15, -0.1) is 10.8 Å². The molecule has 1 aromatic heterocycles. The Labute approximate surface area is 252 Å². The summed E-state index contributed by atoms with van der Waals surface area (Å²) in [4.78, 5) is 17.2. The maximum atomic E-state index is 13.9. The molecule has 0 aliphatic carbocycles. The van der Waals surface area contributed by atoms with E-state index in [1.54, 1.807) is 10.4 Å². The van der Waals surface area contributed by atoms with Crippen molar-refractivity contribution in [2.24, 2.45) is 5.92 Å². The van der Waals surface area contributed by atoms with Crippen LogP contribution in [0.3, 0.4) is 0 Å². The molecule has 2 atom stereocenters. The fourth-order valence-corrected chi connectivity index (χ4v) is 7.41. The number of rotatable bonds is 14. The summed E-state index contributed by atoms with van der Waals surface area (Å²) in [6, 6.07) is 13.0. The van der Waals surface area contributed by atoms with Crippen LogP contribution < -0.4 is 14.9 Å². The van der Waals surface area contributed by atoms with E-state index in [4.69, 9.17) is 0 Å². The number of hydrogen-bond acceptors (Lipinski definition) is 6. The Morgan fingerprint density at radius 2 is 1.90 bits per heavy atom. The number of carbonyl (C=O) groups excluding carboxylic acids is 1. The molecular formula is C33H50N4O4S. The molecule has 0 unspecified atom stereocenters. The standard InChI is InChI=1S/C33H50N4O4S/c1-6-25-21-34-31-27(25)19-26(20-29(31)37-16-11-17-42(37,40)41)32(39)36-28(18-24-13-8-7-9-14-24)30(38)22-35-33(4,5)15-10-12-23(2)3/h7-9,13-14,19-21,23,28,30,34-35,38,40-41H,6,10-12,15-18,22H2,1-5H3,(H,36,39)/t28-,30-/m0/s1. The number of nitrogens with one attached hydrogen (secondary N) is 3. The topological polar surface area (TPSA) is 121 Å². The molecule has 2 heterocycles. The van der Waals surface area contributed by atoms with E-state index in [-0.39, 0.29) is 11.4 Å². The minimum Gasteiger partial charge on any atom is -0.390 e. The van der Waals surface area contributed by atoms with Crippen molar-refractivity contribution in [3.63, 3.8) is 0 Å². The first-order valence-corrected chi connectivity index (χ1v) is 17.0. The molecule has 3 aromatic rings. The van der Waals surface area contributed by atoms with Crippen molar-refractivity contribution < 1.29 is 19.0 Å². The molecule has 9 heteroatoms. The molecular weight excluding hydrogens is 548 g/mol. The second-order valence-electron chi connectivity index (χ2n) is 12.8. The van der Waals surface area contributed by atoms with E-state index in [1.807, 2.05) is 42.6 Å². The molecule has 1 saturated heterocycles. The van der Waals surface area contributed by atoms with E-state index in [9.17, 15) is 19.0 Å². The molecule has 0 bridgehead atoms. The number of H-pyrrole nitrogens is 1. The smallest absolute Gasteiger partial charge is 0.251 e. The summed E-state index contributed by atoms with van der Waals surface area (Å²) in [5.74, 6) is 0.681. The molecule has 1 fully saturated rings. The largest absolute Gasteiger partial charge is 0.390 e. The number of aromatic amines is 1. The van der Waals surface area contributed by atoms with E-state index in [0.717, 1.165) is 41.3 Å². The molecule has 2 aromatic carbocycles. The van der Waals surface area contributed by atoms with Gasteiger partial charge in [0.15, 0.2) is 0 Å². The summed E-state index contributed by atoms with van der Waals surface area (Å²) in [5.41, 5.74) is 3.80. The first-order valence-electron chi connectivity index (χ1n) is 15.4. The zero-order valence-corrected chi connectivity index (χ0v) is 26.6. The number of amides is 1. The van der Waals surface area contributed by atoms with E-state index in [0.29, 0.717) is 48.9 Å². The Balaban J connectivity index is 1.58. The average Bonchev–Trinajstić information content (AvgIpc) is 3.53. The number of nitrogens with zero attached hydrogens (tertiary/aromatic N) is 1. The maximum absolute atomic E-state index is 13.9. The summed E-state index contributed by atoms with van der Waals surface area (Å²) in [5, 5.41) is 19.0. The van der Waals surface area contributed by atoms with Crippen molar-refractivity contribution in [2.45, 2.75) is 90.8 Å². The zero-order valence-electron chi connectivity index (χ0n) is 25.8. The Hall–Kier alpha value is -2.56. The highest BCUT2D eigenvalue weighted by molar-refractivity contribution is 8.25. The molecule has 0 spiro atoms. The van der Waals surface area contributed by atoms with Gasteiger partial charge < -0.3 is 20.7 Å². The quantitative estimate of drug-likeness (QED) is 0.126. The lowest BCUT2D eigenvalue weighted by Gasteiger charge is -2.38. The molecule has 1 amide bonds. The van der Waals surface area contributed by atoms with Crippen LogP contribution in [0, 0.1) is 5.92 Å². The predicted molar refractivity (Wildman–Crippen MR) is 176 cm³/mol. The lowest BCUT2D eigenvalue weighted by atomic mass is 9.93. The predicted octanol–water partition coefficient (Wildman–Crippen LogP) is 6.50. The maximum Gasteiger partial charge on any atom is 0.251 e. The van der Waals surface area contributed by atoms with Crippen LogP contribution in [0.25, 0.3) is 10.9 Å². The fourth-order valence-electron chi connectivity index (χ4n) is 5.79. The Morgan fingerprint density at radius 1 is 1.17 bits per heavy atom. The highest BCUT2D eigenvalue weighted by Gasteiger charge is 2.32. The summed E-state index contributed by atoms with van der Waals surface area (Å²) >= 11 is 0. The van der Waals surface area contributed by atoms with Crippen LogP contribution in [0.15, 0.2) is 48.7 Å². The number of aryl methyl sites for hydroxylation is 1. The fraction of sp³-hybridized carbons (Fsp3) is 0.545. The van der Waals surface area contributed by atoms with E-state index in [1.165, 1.54) is 6.42 Å². The third-order valence-corrected chi connectivity index (χ3v) is 10.3. The van der Waals surface area contributed by atoms with Crippen LogP contribution in [-0.2, 0) is 12.8 Å². The average molecular weight is 599 g/mol. The van der Waals surface area contributed by atoms with Gasteiger partial charge in [0, 0.05) is 35.8 Å². The van der Waals surface area contributed by atoms with Gasteiger partial charge in [-0.05, 0) is 68.7 Å². The van der Waals surface area contributed by atoms with Crippen molar-refractivity contribution in [2.75, 3.05) is 23.1 Å². The Morgan fingerprint density at radius 3 is 2.55 bits per heavy atom. The first-order chi connectivity index (χ1) is 19.9. The Bertz CT molecular complexity index is 1320. The lowest BCUT2D eigenvalue weighted by molar-refractivity contribution is 0.0812. The van der Waals surface area contributed by atoms with Crippen molar-refractivity contribution in [3.8, 4) is 0 Å². The van der Waals surface area contributed by atoms with Crippen LogP contribution in [-0.4, -0.2) is 61.6 Å². The number of fused-ring (bicyclic) bond motifs is 1. The molecule has 4 rings (SSSR count). The molecule has 42 heavy (non-hydrogen) atoms. The van der Waals surface area contributed by atoms with Crippen molar-refractivity contribution >= 4 is 33.3 Å². The minimum atomic E-state index is -2.95. The monoisotopic (exact) mass is 598 g/mol. The number of aliphatic hydroxyl groups is 1. The minimum absolute atomic E-state index is 0.138. The number of carbonyl (C=O) groups is 1. The van der Waals surface area contributed by atoms with Gasteiger partial charge in [-0.1, -0.05) is 63.9 Å². The molecule has 232 valence electrons. The van der Waals surface area contributed by atoms with Gasteiger partial charge >= 0.3 is 0 Å². The van der Waals surface area contributed by atoms with Crippen LogP contribution in [0.4, 0.5) is 5.69 Å². The molecule has 8 nitrogen and oxygen atoms in total. The van der Waals surface area contributed by atoms with E-state index < -0.39 is 22.9 Å². The number of aliphatic hydroxyl groups excluding tert-OH is 1. The third kappa shape index (κ3) is 8.08. The number of aromatic nitrogens is 1. The van der Waals surface area contributed by atoms with Crippen LogP contribution in [0.2, 0.25) is 0 Å². The number of hydrogen-bond donors (Lipinski definition) is 6. The number of benzene rings is 2. The van der Waals surface area contributed by atoms with Gasteiger partial charge in [0.25, 0.3) is 5.91 Å². The Kier molecular flexibility index (Phi) is 10.6. The van der Waals surface area contributed by atoms with Crippen LogP contribution in [0.1, 0.15) is 81.8 Å². The molecule has 1 aliphatic heterocycles. The van der Waals surface area contributed by atoms with Crippen molar-refractivity contribution in [1.82, 2.24) is 15.6 Å². The van der Waals surface area contributed by atoms with Gasteiger partial charge in [-0.2, -0.15) is 0 Å². The summed E-state index contributed by atoms with van der Waals surface area (Å²) in [7, 11) is -2.95. The molecule has 0 radical (unpaired) electrons. The molecule has 1 aliphatic rings. The molecule has 0 saturated carbocycles. The zero-order chi connectivity index (χ0) is 30.5. The summed E-state index contributed by atoms with van der Waals surface area (Å²) in [6.07, 6.45) is 6.32. The van der Waals surface area contributed by atoms with Gasteiger partial charge in [-0.25, -0.2) is 0 Å². The normalized spacial score (nSPS) is 17.5. The van der Waals surface area contributed by atoms with Gasteiger partial charge in [0.05, 0.1) is 29.1 Å². The van der Waals surface area contributed by atoms with Gasteiger partial charge in [-0.3, -0.25) is 18.2 Å².